The molecule has 0 radical (unpaired) electrons. The SMILES string of the molecule is FC(F)CNC1CC1. The smallest absolute Gasteiger partial charge is 0.250 e. The summed E-state index contributed by atoms with van der Waals surface area (Å²) in [7, 11) is 0. The molecule has 0 amide bonds. The van der Waals surface area contributed by atoms with E-state index in [1.54, 1.807) is 0 Å². The number of rotatable bonds is 3. The van der Waals surface area contributed by atoms with Crippen molar-refractivity contribution in [1.82, 2.24) is 5.32 Å². The minimum atomic E-state index is -2.18. The normalized spacial score (nSPS) is 19.9. The number of alkyl halides is 2. The van der Waals surface area contributed by atoms with Crippen LogP contribution in [-0.4, -0.2) is 19.0 Å². The van der Waals surface area contributed by atoms with Crippen LogP contribution >= 0.6 is 0 Å². The van der Waals surface area contributed by atoms with E-state index in [-0.39, 0.29) is 6.54 Å². The first-order valence-corrected chi connectivity index (χ1v) is 2.80. The summed E-state index contributed by atoms with van der Waals surface area (Å²) in [6.45, 7) is -0.134. The van der Waals surface area contributed by atoms with Gasteiger partial charge < -0.3 is 5.32 Å². The van der Waals surface area contributed by atoms with E-state index in [9.17, 15) is 8.78 Å². The Hall–Kier alpha value is -0.180. The molecular formula is C5H9F2N. The van der Waals surface area contributed by atoms with Crippen LogP contribution in [0.25, 0.3) is 0 Å². The molecule has 0 aliphatic heterocycles. The van der Waals surface area contributed by atoms with Gasteiger partial charge in [-0.05, 0) is 12.8 Å². The predicted molar refractivity (Wildman–Crippen MR) is 27.0 cm³/mol. The highest BCUT2D eigenvalue weighted by atomic mass is 19.3. The highest BCUT2D eigenvalue weighted by Crippen LogP contribution is 2.18. The fourth-order valence-electron chi connectivity index (χ4n) is 0.543. The molecule has 0 bridgehead atoms. The van der Waals surface area contributed by atoms with Crippen LogP contribution in [-0.2, 0) is 0 Å². The Kier molecular flexibility index (Phi) is 1.78. The van der Waals surface area contributed by atoms with Crippen LogP contribution in [0, 0.1) is 0 Å². The summed E-state index contributed by atoms with van der Waals surface area (Å²) in [5, 5.41) is 2.71. The molecule has 48 valence electrons. The lowest BCUT2D eigenvalue weighted by molar-refractivity contribution is 0.145. The summed E-state index contributed by atoms with van der Waals surface area (Å²) < 4.78 is 22.7. The summed E-state index contributed by atoms with van der Waals surface area (Å²) in [4.78, 5) is 0. The third-order valence-electron chi connectivity index (χ3n) is 1.14. The summed E-state index contributed by atoms with van der Waals surface area (Å²) in [5.74, 6) is 0. The van der Waals surface area contributed by atoms with Gasteiger partial charge in [0.05, 0.1) is 6.54 Å². The topological polar surface area (TPSA) is 12.0 Å². The minimum absolute atomic E-state index is 0.134. The Morgan fingerprint density at radius 3 is 2.50 bits per heavy atom. The van der Waals surface area contributed by atoms with Gasteiger partial charge in [0.15, 0.2) is 0 Å². The van der Waals surface area contributed by atoms with Gasteiger partial charge in [0, 0.05) is 6.04 Å². The van der Waals surface area contributed by atoms with E-state index in [0.717, 1.165) is 12.8 Å². The predicted octanol–water partition coefficient (Wildman–Crippen LogP) is 1.00. The molecular weight excluding hydrogens is 112 g/mol. The van der Waals surface area contributed by atoms with Gasteiger partial charge in [-0.25, -0.2) is 8.78 Å². The standard InChI is InChI=1S/C5H9F2N/c6-5(7)3-8-4-1-2-4/h4-5,8H,1-3H2. The quantitative estimate of drug-likeness (QED) is 0.587. The van der Waals surface area contributed by atoms with Crippen LogP contribution in [0.4, 0.5) is 8.78 Å². The van der Waals surface area contributed by atoms with Gasteiger partial charge in [0.25, 0.3) is 6.43 Å². The van der Waals surface area contributed by atoms with Crippen molar-refractivity contribution in [1.29, 1.82) is 0 Å². The lowest BCUT2D eigenvalue weighted by Crippen LogP contribution is -2.22. The molecule has 0 atom stereocenters. The minimum Gasteiger partial charge on any atom is -0.309 e. The van der Waals surface area contributed by atoms with Gasteiger partial charge in [0.2, 0.25) is 0 Å². The number of hydrogen-bond donors (Lipinski definition) is 1. The summed E-state index contributed by atoms with van der Waals surface area (Å²) in [5.41, 5.74) is 0. The maximum absolute atomic E-state index is 11.4. The zero-order chi connectivity index (χ0) is 5.98. The molecule has 0 heterocycles. The van der Waals surface area contributed by atoms with Crippen molar-refractivity contribution in [3.05, 3.63) is 0 Å². The van der Waals surface area contributed by atoms with Gasteiger partial charge in [-0.3, -0.25) is 0 Å². The van der Waals surface area contributed by atoms with Crippen LogP contribution in [0.3, 0.4) is 0 Å². The molecule has 1 nitrogen and oxygen atoms in total. The van der Waals surface area contributed by atoms with E-state index in [2.05, 4.69) is 5.32 Å². The van der Waals surface area contributed by atoms with E-state index in [1.165, 1.54) is 0 Å². The molecule has 0 aromatic heterocycles. The number of hydrogen-bond acceptors (Lipinski definition) is 1. The molecule has 1 fully saturated rings. The maximum Gasteiger partial charge on any atom is 0.250 e. The molecule has 0 unspecified atom stereocenters. The molecule has 3 heteroatoms. The molecule has 1 rings (SSSR count). The van der Waals surface area contributed by atoms with Crippen LogP contribution < -0.4 is 5.32 Å². The van der Waals surface area contributed by atoms with Crippen molar-refractivity contribution in [2.75, 3.05) is 6.54 Å². The molecule has 8 heavy (non-hydrogen) atoms. The zero-order valence-electron chi connectivity index (χ0n) is 4.53. The summed E-state index contributed by atoms with van der Waals surface area (Å²) in [6.07, 6.45) is -0.0324. The van der Waals surface area contributed by atoms with Gasteiger partial charge in [0.1, 0.15) is 0 Å². The van der Waals surface area contributed by atoms with Crippen molar-refractivity contribution >= 4 is 0 Å². The monoisotopic (exact) mass is 121 g/mol. The Balaban J connectivity index is 1.87. The first-order chi connectivity index (χ1) is 3.79. The van der Waals surface area contributed by atoms with E-state index in [1.807, 2.05) is 0 Å². The molecule has 0 saturated heterocycles. The van der Waals surface area contributed by atoms with Crippen LogP contribution in [0.5, 0.6) is 0 Å². The van der Waals surface area contributed by atoms with Crippen LogP contribution in [0.1, 0.15) is 12.8 Å². The molecule has 0 spiro atoms. The first kappa shape index (κ1) is 5.95. The van der Waals surface area contributed by atoms with Crippen molar-refractivity contribution in [2.45, 2.75) is 25.3 Å². The maximum atomic E-state index is 11.4. The molecule has 1 N–H and O–H groups in total. The Morgan fingerprint density at radius 1 is 1.50 bits per heavy atom. The molecule has 1 aliphatic carbocycles. The fraction of sp³-hybridized carbons (Fsp3) is 1.00. The molecule has 0 aromatic rings. The lowest BCUT2D eigenvalue weighted by Gasteiger charge is -1.97. The Labute approximate surface area is 47.1 Å². The largest absolute Gasteiger partial charge is 0.309 e. The van der Waals surface area contributed by atoms with Crippen LogP contribution in [0.2, 0.25) is 0 Å². The summed E-state index contributed by atoms with van der Waals surface area (Å²) in [6, 6.07) is 0.406. The number of nitrogens with one attached hydrogen (secondary N) is 1. The van der Waals surface area contributed by atoms with Gasteiger partial charge in [-0.1, -0.05) is 0 Å². The first-order valence-electron chi connectivity index (χ1n) is 2.80. The van der Waals surface area contributed by atoms with Gasteiger partial charge in [-0.15, -0.1) is 0 Å². The molecule has 1 aliphatic rings. The summed E-state index contributed by atoms with van der Waals surface area (Å²) >= 11 is 0. The van der Waals surface area contributed by atoms with E-state index in [4.69, 9.17) is 0 Å². The molecule has 0 aromatic carbocycles. The van der Waals surface area contributed by atoms with Crippen molar-refractivity contribution in [2.24, 2.45) is 0 Å². The average molecular weight is 121 g/mol. The second kappa shape index (κ2) is 2.40. The van der Waals surface area contributed by atoms with Crippen molar-refractivity contribution in [3.63, 3.8) is 0 Å². The van der Waals surface area contributed by atoms with Gasteiger partial charge in [-0.2, -0.15) is 0 Å². The Bertz CT molecular complexity index is 68.8. The molecule has 1 saturated carbocycles. The second-order valence-corrected chi connectivity index (χ2v) is 2.07. The average Bonchev–Trinajstić information content (AvgIpc) is 2.41. The highest BCUT2D eigenvalue weighted by molar-refractivity contribution is 4.80. The highest BCUT2D eigenvalue weighted by Gasteiger charge is 2.21. The lowest BCUT2D eigenvalue weighted by atomic mass is 10.6. The number of halogens is 2. The van der Waals surface area contributed by atoms with E-state index >= 15 is 0 Å². The zero-order valence-corrected chi connectivity index (χ0v) is 4.53. The van der Waals surface area contributed by atoms with Crippen molar-refractivity contribution in [3.8, 4) is 0 Å². The van der Waals surface area contributed by atoms with E-state index < -0.39 is 6.43 Å². The van der Waals surface area contributed by atoms with Crippen LogP contribution in [0.15, 0.2) is 0 Å². The Morgan fingerprint density at radius 2 is 2.12 bits per heavy atom. The van der Waals surface area contributed by atoms with E-state index in [0.29, 0.717) is 6.04 Å². The fourth-order valence-corrected chi connectivity index (χ4v) is 0.543. The second-order valence-electron chi connectivity index (χ2n) is 2.07. The van der Waals surface area contributed by atoms with Gasteiger partial charge >= 0.3 is 0 Å². The third kappa shape index (κ3) is 2.21. The third-order valence-corrected chi connectivity index (χ3v) is 1.14. The van der Waals surface area contributed by atoms with Crippen molar-refractivity contribution < 1.29 is 8.78 Å².